The minimum atomic E-state index is -0.434. The van der Waals surface area contributed by atoms with Gasteiger partial charge in [0.25, 0.3) is 0 Å². The first-order chi connectivity index (χ1) is 8.66. The largest absolute Gasteiger partial charge is 0.423 e. The van der Waals surface area contributed by atoms with Crippen molar-refractivity contribution < 1.29 is 14.3 Å². The molecule has 0 saturated heterocycles. The number of Topliss-reactive ketones (excluding diaryl/α,β-unsaturated/α-hetero) is 1. The number of benzene rings is 2. The molecule has 0 aliphatic carbocycles. The van der Waals surface area contributed by atoms with E-state index in [2.05, 4.69) is 0 Å². The molecule has 0 unspecified atom stereocenters. The summed E-state index contributed by atoms with van der Waals surface area (Å²) in [6.07, 6.45) is 0. The monoisotopic (exact) mass is 240 g/mol. The van der Waals surface area contributed by atoms with Gasteiger partial charge in [-0.1, -0.05) is 30.3 Å². The highest BCUT2D eigenvalue weighted by atomic mass is 16.5. The molecule has 2 aromatic rings. The van der Waals surface area contributed by atoms with Crippen LogP contribution in [0, 0.1) is 0 Å². The molecular formula is C15H12O3. The van der Waals surface area contributed by atoms with Gasteiger partial charge in [-0.05, 0) is 31.2 Å². The van der Waals surface area contributed by atoms with E-state index in [9.17, 15) is 9.59 Å². The van der Waals surface area contributed by atoms with Crippen molar-refractivity contribution >= 4 is 11.8 Å². The van der Waals surface area contributed by atoms with Crippen molar-refractivity contribution in [3.8, 4) is 5.75 Å². The second-order valence-corrected chi connectivity index (χ2v) is 3.84. The zero-order valence-corrected chi connectivity index (χ0v) is 9.92. The standard InChI is InChI=1S/C15H12O3/c1-11(16)13-8-5-9-14(10-13)18-15(17)12-6-3-2-4-7-12/h2-10H,1H3. The summed E-state index contributed by atoms with van der Waals surface area (Å²) in [5.41, 5.74) is 0.999. The van der Waals surface area contributed by atoms with Crippen LogP contribution in [0.5, 0.6) is 5.75 Å². The molecule has 2 rings (SSSR count). The van der Waals surface area contributed by atoms with Gasteiger partial charge in [-0.25, -0.2) is 4.79 Å². The molecule has 0 heterocycles. The topological polar surface area (TPSA) is 43.4 Å². The number of esters is 1. The van der Waals surface area contributed by atoms with E-state index in [4.69, 9.17) is 4.74 Å². The Morgan fingerprint density at radius 3 is 2.22 bits per heavy atom. The van der Waals surface area contributed by atoms with Crippen molar-refractivity contribution in [3.05, 3.63) is 65.7 Å². The molecule has 0 aromatic heterocycles. The highest BCUT2D eigenvalue weighted by Crippen LogP contribution is 2.15. The normalized spacial score (nSPS) is 9.83. The van der Waals surface area contributed by atoms with Crippen LogP contribution in [0.2, 0.25) is 0 Å². The maximum Gasteiger partial charge on any atom is 0.343 e. The summed E-state index contributed by atoms with van der Waals surface area (Å²) in [5.74, 6) is -0.125. The molecule has 3 nitrogen and oxygen atoms in total. The summed E-state index contributed by atoms with van der Waals surface area (Å²) < 4.78 is 5.20. The first kappa shape index (κ1) is 12.0. The fourth-order valence-corrected chi connectivity index (χ4v) is 1.52. The lowest BCUT2D eigenvalue weighted by Crippen LogP contribution is -2.08. The number of hydrogen-bond acceptors (Lipinski definition) is 3. The molecule has 0 bridgehead atoms. The molecule has 0 fully saturated rings. The quantitative estimate of drug-likeness (QED) is 0.470. The summed E-state index contributed by atoms with van der Waals surface area (Å²) in [6, 6.07) is 15.3. The van der Waals surface area contributed by atoms with E-state index in [1.54, 1.807) is 48.5 Å². The smallest absolute Gasteiger partial charge is 0.343 e. The lowest BCUT2D eigenvalue weighted by atomic mass is 10.1. The minimum Gasteiger partial charge on any atom is -0.423 e. The van der Waals surface area contributed by atoms with Crippen LogP contribution >= 0.6 is 0 Å². The molecule has 3 heteroatoms. The number of rotatable bonds is 3. The molecule has 0 radical (unpaired) electrons. The van der Waals surface area contributed by atoms with Gasteiger partial charge in [0.2, 0.25) is 0 Å². The number of ether oxygens (including phenoxy) is 1. The first-order valence-electron chi connectivity index (χ1n) is 5.55. The molecule has 2 aromatic carbocycles. The fraction of sp³-hybridized carbons (Fsp3) is 0.0667. The van der Waals surface area contributed by atoms with E-state index in [0.717, 1.165) is 0 Å². The third-order valence-electron chi connectivity index (χ3n) is 2.46. The summed E-state index contributed by atoms with van der Waals surface area (Å²) in [4.78, 5) is 23.0. The molecule has 0 spiro atoms. The second kappa shape index (κ2) is 5.27. The molecular weight excluding hydrogens is 228 g/mol. The maximum absolute atomic E-state index is 11.8. The Morgan fingerprint density at radius 2 is 1.56 bits per heavy atom. The second-order valence-electron chi connectivity index (χ2n) is 3.84. The molecule has 18 heavy (non-hydrogen) atoms. The Kier molecular flexibility index (Phi) is 3.53. The van der Waals surface area contributed by atoms with Gasteiger partial charge in [-0.2, -0.15) is 0 Å². The van der Waals surface area contributed by atoms with E-state index in [1.807, 2.05) is 6.07 Å². The average Bonchev–Trinajstić information content (AvgIpc) is 2.40. The maximum atomic E-state index is 11.8. The van der Waals surface area contributed by atoms with E-state index < -0.39 is 5.97 Å². The number of hydrogen-bond donors (Lipinski definition) is 0. The molecule has 0 N–H and O–H groups in total. The van der Waals surface area contributed by atoms with Crippen molar-refractivity contribution in [1.82, 2.24) is 0 Å². The average molecular weight is 240 g/mol. The number of ketones is 1. The van der Waals surface area contributed by atoms with E-state index in [1.165, 1.54) is 6.92 Å². The predicted molar refractivity (Wildman–Crippen MR) is 67.8 cm³/mol. The third kappa shape index (κ3) is 2.83. The lowest BCUT2D eigenvalue weighted by molar-refractivity contribution is 0.0733. The van der Waals surface area contributed by atoms with E-state index >= 15 is 0 Å². The summed E-state index contributed by atoms with van der Waals surface area (Å²) in [5, 5.41) is 0. The van der Waals surface area contributed by atoms with Gasteiger partial charge in [-0.15, -0.1) is 0 Å². The van der Waals surface area contributed by atoms with Gasteiger partial charge in [0.15, 0.2) is 5.78 Å². The van der Waals surface area contributed by atoms with E-state index in [0.29, 0.717) is 16.9 Å². The van der Waals surface area contributed by atoms with Crippen molar-refractivity contribution in [1.29, 1.82) is 0 Å². The van der Waals surface area contributed by atoms with Gasteiger partial charge in [0.05, 0.1) is 5.56 Å². The Morgan fingerprint density at radius 1 is 0.889 bits per heavy atom. The van der Waals surface area contributed by atoms with Gasteiger partial charge in [-0.3, -0.25) is 4.79 Å². The molecule has 0 amide bonds. The van der Waals surface area contributed by atoms with Crippen LogP contribution in [-0.2, 0) is 0 Å². The Labute approximate surface area is 105 Å². The van der Waals surface area contributed by atoms with E-state index in [-0.39, 0.29) is 5.78 Å². The van der Waals surface area contributed by atoms with Crippen LogP contribution in [-0.4, -0.2) is 11.8 Å². The minimum absolute atomic E-state index is 0.0624. The van der Waals surface area contributed by atoms with Crippen LogP contribution in [0.15, 0.2) is 54.6 Å². The number of carbonyl (C=O) groups excluding carboxylic acids is 2. The fourth-order valence-electron chi connectivity index (χ4n) is 1.52. The van der Waals surface area contributed by atoms with Gasteiger partial charge in [0.1, 0.15) is 5.75 Å². The van der Waals surface area contributed by atoms with Gasteiger partial charge in [0, 0.05) is 5.56 Å². The highest BCUT2D eigenvalue weighted by molar-refractivity contribution is 5.95. The zero-order valence-electron chi connectivity index (χ0n) is 9.92. The highest BCUT2D eigenvalue weighted by Gasteiger charge is 2.08. The molecule has 90 valence electrons. The van der Waals surface area contributed by atoms with Crippen LogP contribution in [0.3, 0.4) is 0 Å². The van der Waals surface area contributed by atoms with Gasteiger partial charge < -0.3 is 4.74 Å². The van der Waals surface area contributed by atoms with Crippen molar-refractivity contribution in [2.45, 2.75) is 6.92 Å². The summed E-state index contributed by atoms with van der Waals surface area (Å²) >= 11 is 0. The van der Waals surface area contributed by atoms with Crippen molar-refractivity contribution in [2.75, 3.05) is 0 Å². The SMILES string of the molecule is CC(=O)c1cccc(OC(=O)c2ccccc2)c1. The van der Waals surface area contributed by atoms with Crippen LogP contribution in [0.4, 0.5) is 0 Å². The number of carbonyl (C=O) groups is 2. The summed E-state index contributed by atoms with van der Waals surface area (Å²) in [7, 11) is 0. The Hall–Kier alpha value is -2.42. The van der Waals surface area contributed by atoms with Crippen molar-refractivity contribution in [2.24, 2.45) is 0 Å². The molecule has 0 atom stereocenters. The van der Waals surface area contributed by atoms with Gasteiger partial charge >= 0.3 is 5.97 Å². The Bertz CT molecular complexity index is 573. The molecule has 0 aliphatic rings. The zero-order chi connectivity index (χ0) is 13.0. The third-order valence-corrected chi connectivity index (χ3v) is 2.46. The molecule has 0 saturated carbocycles. The van der Waals surface area contributed by atoms with Crippen LogP contribution in [0.25, 0.3) is 0 Å². The predicted octanol–water partition coefficient (Wildman–Crippen LogP) is 3.11. The van der Waals surface area contributed by atoms with Crippen LogP contribution < -0.4 is 4.74 Å². The Balaban J connectivity index is 2.17. The lowest BCUT2D eigenvalue weighted by Gasteiger charge is -2.05. The van der Waals surface area contributed by atoms with Crippen LogP contribution in [0.1, 0.15) is 27.6 Å². The van der Waals surface area contributed by atoms with Crippen molar-refractivity contribution in [3.63, 3.8) is 0 Å². The summed E-state index contributed by atoms with van der Waals surface area (Å²) in [6.45, 7) is 1.47. The molecule has 0 aliphatic heterocycles. The first-order valence-corrected chi connectivity index (χ1v) is 5.55.